The Morgan fingerprint density at radius 2 is 1.82 bits per heavy atom. The third kappa shape index (κ3) is 7.14. The van der Waals surface area contributed by atoms with Crippen LogP contribution < -0.4 is 15.1 Å². The number of ether oxygens (including phenoxy) is 1. The van der Waals surface area contributed by atoms with E-state index < -0.39 is 55.3 Å². The first-order chi connectivity index (χ1) is 27.3. The lowest BCUT2D eigenvalue weighted by Crippen LogP contribution is -3.01. The maximum absolute atomic E-state index is 13.5. The van der Waals surface area contributed by atoms with Crippen molar-refractivity contribution in [3.05, 3.63) is 93.1 Å². The predicted octanol–water partition coefficient (Wildman–Crippen LogP) is 2.69. The summed E-state index contributed by atoms with van der Waals surface area (Å²) in [6.45, 7) is 2.70. The molecular formula is C43H49N2O12+. The highest BCUT2D eigenvalue weighted by molar-refractivity contribution is 5.92. The maximum atomic E-state index is 13.5. The van der Waals surface area contributed by atoms with E-state index in [4.69, 9.17) is 18.9 Å². The monoisotopic (exact) mass is 785 g/mol. The minimum Gasteiger partial charge on any atom is -0.508 e. The number of hydrogen-bond donors (Lipinski definition) is 8. The van der Waals surface area contributed by atoms with Crippen LogP contribution in [0.15, 0.2) is 80.2 Å². The number of aryl methyl sites for hydroxylation is 1. The third-order valence-corrected chi connectivity index (χ3v) is 12.3. The number of fused-ring (bicyclic) bond motifs is 4. The summed E-state index contributed by atoms with van der Waals surface area (Å²) < 4.78 is 13.5. The van der Waals surface area contributed by atoms with Gasteiger partial charge in [-0.05, 0) is 74.0 Å². The number of phenols is 2. The SMILES string of the molecule is Cc1cc(=O)c2cc3c(c([NH+]4C=C5N=CC=C5C4)c2o1)O[C@](C)(C1CCCCC1)[C@H](OOC[C@@](O)(Cc1ccc(O)c2ccc(O)cc12)[C@@H](O)[C@H](O)[C@H](O)CO)C3. The Labute approximate surface area is 328 Å². The Balaban J connectivity index is 1.16. The first-order valence-electron chi connectivity index (χ1n) is 19.5. The zero-order valence-electron chi connectivity index (χ0n) is 31.9. The van der Waals surface area contributed by atoms with Crippen LogP contribution in [0, 0.1) is 12.8 Å². The molecule has 0 bridgehead atoms. The first kappa shape index (κ1) is 39.2. The van der Waals surface area contributed by atoms with Crippen molar-refractivity contribution in [1.82, 2.24) is 0 Å². The predicted molar refractivity (Wildman–Crippen MR) is 209 cm³/mol. The molecule has 4 aromatic rings. The minimum atomic E-state index is -2.35. The van der Waals surface area contributed by atoms with Crippen LogP contribution in [0.5, 0.6) is 17.2 Å². The van der Waals surface area contributed by atoms with Crippen LogP contribution in [-0.2, 0) is 22.6 Å². The molecule has 14 nitrogen and oxygen atoms in total. The molecule has 0 amide bonds. The van der Waals surface area contributed by atoms with Gasteiger partial charge in [0.15, 0.2) is 11.2 Å². The van der Waals surface area contributed by atoms with Gasteiger partial charge in [0.05, 0.1) is 12.0 Å². The average Bonchev–Trinajstić information content (AvgIpc) is 3.81. The Morgan fingerprint density at radius 3 is 2.58 bits per heavy atom. The first-order valence-corrected chi connectivity index (χ1v) is 19.5. The Bertz CT molecular complexity index is 2350. The Morgan fingerprint density at radius 1 is 1.04 bits per heavy atom. The maximum Gasteiger partial charge on any atom is 0.222 e. The highest BCUT2D eigenvalue weighted by atomic mass is 17.2. The molecule has 0 spiro atoms. The second-order valence-corrected chi connectivity index (χ2v) is 16.2. The summed E-state index contributed by atoms with van der Waals surface area (Å²) in [7, 11) is 0. The van der Waals surface area contributed by atoms with E-state index in [9.17, 15) is 40.5 Å². The van der Waals surface area contributed by atoms with Gasteiger partial charge in [-0.1, -0.05) is 25.3 Å². The fourth-order valence-electron chi connectivity index (χ4n) is 9.04. The lowest BCUT2D eigenvalue weighted by atomic mass is 9.72. The Hall–Kier alpha value is -4.64. The molecule has 1 aliphatic carbocycles. The number of nitrogens with zero attached hydrogens (tertiary/aromatic N) is 1. The summed E-state index contributed by atoms with van der Waals surface area (Å²) in [5, 5.41) is 76.2. The molecule has 1 saturated carbocycles. The largest absolute Gasteiger partial charge is 0.508 e. The van der Waals surface area contributed by atoms with Crippen LogP contribution >= 0.6 is 0 Å². The van der Waals surface area contributed by atoms with Crippen LogP contribution in [-0.4, -0.2) is 97.3 Å². The van der Waals surface area contributed by atoms with E-state index in [1.165, 1.54) is 36.4 Å². The second-order valence-electron chi connectivity index (χ2n) is 16.2. The van der Waals surface area contributed by atoms with Gasteiger partial charge in [0.1, 0.15) is 77.9 Å². The van der Waals surface area contributed by atoms with Crippen molar-refractivity contribution in [1.29, 1.82) is 0 Å². The van der Waals surface area contributed by atoms with Crippen molar-refractivity contribution >= 4 is 33.6 Å². The van der Waals surface area contributed by atoms with Crippen molar-refractivity contribution in [2.45, 2.75) is 94.4 Å². The van der Waals surface area contributed by atoms with Crippen LogP contribution in [0.4, 0.5) is 5.69 Å². The van der Waals surface area contributed by atoms with Crippen LogP contribution in [0.2, 0.25) is 0 Å². The van der Waals surface area contributed by atoms with Crippen molar-refractivity contribution < 1.29 is 59.6 Å². The number of aliphatic hydroxyl groups excluding tert-OH is 4. The number of quaternary nitrogens is 1. The van der Waals surface area contributed by atoms with Gasteiger partial charge in [-0.3, -0.25) is 14.7 Å². The van der Waals surface area contributed by atoms with Gasteiger partial charge < -0.3 is 44.9 Å². The summed E-state index contributed by atoms with van der Waals surface area (Å²) in [4.78, 5) is 31.1. The second kappa shape index (κ2) is 15.3. The zero-order valence-corrected chi connectivity index (χ0v) is 31.9. The smallest absolute Gasteiger partial charge is 0.222 e. The molecule has 3 aromatic carbocycles. The van der Waals surface area contributed by atoms with Gasteiger partial charge in [0.2, 0.25) is 11.3 Å². The lowest BCUT2D eigenvalue weighted by molar-refractivity contribution is -0.763. The molecule has 14 heteroatoms. The third-order valence-electron chi connectivity index (χ3n) is 12.3. The van der Waals surface area contributed by atoms with E-state index in [0.717, 1.165) is 48.3 Å². The Kier molecular flexibility index (Phi) is 10.5. The van der Waals surface area contributed by atoms with Gasteiger partial charge in [0, 0.05) is 47.6 Å². The van der Waals surface area contributed by atoms with E-state index in [2.05, 4.69) is 4.99 Å². The fourth-order valence-corrected chi connectivity index (χ4v) is 9.04. The molecule has 57 heavy (non-hydrogen) atoms. The molecule has 1 unspecified atom stereocenters. The zero-order chi connectivity index (χ0) is 40.2. The number of allylic oxidation sites excluding steroid dienone is 1. The molecule has 0 radical (unpaired) electrons. The quantitative estimate of drug-likeness (QED) is 0.0769. The van der Waals surface area contributed by atoms with E-state index in [1.807, 2.05) is 19.2 Å². The molecule has 0 saturated heterocycles. The van der Waals surface area contributed by atoms with Crippen molar-refractivity contribution in [3.8, 4) is 17.2 Å². The van der Waals surface area contributed by atoms with E-state index in [1.54, 1.807) is 19.2 Å². The number of aliphatic imine (C=N–C) groups is 1. The number of aromatic hydroxyl groups is 2. The van der Waals surface area contributed by atoms with Crippen molar-refractivity contribution in [3.63, 3.8) is 0 Å². The minimum absolute atomic E-state index is 0.0294. The summed E-state index contributed by atoms with van der Waals surface area (Å²) in [5.74, 6) is 0.917. The molecule has 1 fully saturated rings. The van der Waals surface area contributed by atoms with Gasteiger partial charge in [-0.15, -0.1) is 0 Å². The standard InChI is InChI=1S/C43H48N2O12/c1-23-14-34(49)31-15-26-16-36(42(2,27-6-4-3-5-7-27)56-39(26)37(40(31)55-23)45-19-25-12-13-44-32(25)20-45)57-54-22-43(53,41(52)38(51)35(50)21-46)18-24-8-11-33(48)29-10-9-28(47)17-30(24)29/h8-15,17,20,27,35-36,38,41,46-48,50-53H,3-7,16,18-19,21-22H2,1-2H3/p+1/t35-,36-,38-,41+,42-,43+/m1/s1. The molecular weight excluding hydrogens is 736 g/mol. The molecule has 1 aromatic heterocycles. The number of hydrogen-bond acceptors (Lipinski definition) is 13. The summed E-state index contributed by atoms with van der Waals surface area (Å²) >= 11 is 0. The van der Waals surface area contributed by atoms with Gasteiger partial charge in [-0.2, -0.15) is 0 Å². The number of phenolic OH excluding ortho intramolecular Hbond substituents is 2. The lowest BCUT2D eigenvalue weighted by Gasteiger charge is -2.47. The highest BCUT2D eigenvalue weighted by Gasteiger charge is 2.52. The average molecular weight is 786 g/mol. The van der Waals surface area contributed by atoms with Crippen LogP contribution in [0.1, 0.15) is 55.9 Å². The number of rotatable bonds is 12. The molecule has 7 atom stereocenters. The number of aliphatic hydroxyl groups is 5. The normalized spacial score (nSPS) is 24.7. The van der Waals surface area contributed by atoms with E-state index >= 15 is 0 Å². The summed E-state index contributed by atoms with van der Waals surface area (Å²) in [6.07, 6.45) is 3.76. The van der Waals surface area contributed by atoms with E-state index in [0.29, 0.717) is 56.6 Å². The molecule has 4 aliphatic rings. The van der Waals surface area contributed by atoms with Gasteiger partial charge in [-0.25, -0.2) is 9.78 Å². The molecule has 4 heterocycles. The fraction of sp³-hybridized carbons (Fsp3) is 0.442. The molecule has 302 valence electrons. The van der Waals surface area contributed by atoms with Crippen molar-refractivity contribution in [2.24, 2.45) is 10.9 Å². The number of benzene rings is 3. The molecule has 3 aliphatic heterocycles. The summed E-state index contributed by atoms with van der Waals surface area (Å²) in [5.41, 5.74) is 0.601. The molecule has 8 rings (SSSR count). The van der Waals surface area contributed by atoms with Gasteiger partial charge in [0.25, 0.3) is 0 Å². The molecule has 8 N–H and O–H groups in total. The topological polar surface area (TPSA) is 216 Å². The van der Waals surface area contributed by atoms with Crippen LogP contribution in [0.25, 0.3) is 21.7 Å². The summed E-state index contributed by atoms with van der Waals surface area (Å²) in [6, 6.07) is 10.4. The van der Waals surface area contributed by atoms with Crippen molar-refractivity contribution in [2.75, 3.05) is 19.8 Å². The van der Waals surface area contributed by atoms with E-state index in [-0.39, 0.29) is 29.3 Å². The van der Waals surface area contributed by atoms with Crippen LogP contribution in [0.3, 0.4) is 0 Å². The van der Waals surface area contributed by atoms with Gasteiger partial charge >= 0.3 is 0 Å². The highest BCUT2D eigenvalue weighted by Crippen LogP contribution is 2.48. The number of nitrogens with one attached hydrogen (secondary N) is 1.